The molecule has 0 aliphatic carbocycles. The molecule has 0 unspecified atom stereocenters. The van der Waals surface area contributed by atoms with Crippen molar-refractivity contribution in [3.8, 4) is 11.3 Å². The van der Waals surface area contributed by atoms with E-state index >= 15 is 0 Å². The molecule has 110 valence electrons. The molecule has 1 fully saturated rings. The first-order valence-corrected chi connectivity index (χ1v) is 7.26. The van der Waals surface area contributed by atoms with E-state index in [4.69, 9.17) is 4.74 Å². The third-order valence-corrected chi connectivity index (χ3v) is 3.67. The average Bonchev–Trinajstić information content (AvgIpc) is 3.20. The van der Waals surface area contributed by atoms with Crippen LogP contribution in [-0.2, 0) is 9.53 Å². The van der Waals surface area contributed by atoms with Crippen LogP contribution in [0.4, 0.5) is 0 Å². The van der Waals surface area contributed by atoms with Crippen LogP contribution >= 0.6 is 0 Å². The van der Waals surface area contributed by atoms with Crippen molar-refractivity contribution in [1.82, 2.24) is 15.3 Å². The molecular formula is C16H19N3O2. The Labute approximate surface area is 123 Å². The maximum Gasteiger partial charge on any atom is 0.249 e. The van der Waals surface area contributed by atoms with E-state index in [0.29, 0.717) is 6.61 Å². The first-order chi connectivity index (χ1) is 10.2. The van der Waals surface area contributed by atoms with Crippen LogP contribution < -0.4 is 5.32 Å². The molecule has 5 heteroatoms. The number of hydrogen-bond acceptors (Lipinski definition) is 3. The first-order valence-electron chi connectivity index (χ1n) is 7.26. The second-order valence-corrected chi connectivity index (χ2v) is 5.28. The van der Waals surface area contributed by atoms with Gasteiger partial charge in [-0.25, -0.2) is 4.98 Å². The van der Waals surface area contributed by atoms with Crippen LogP contribution in [0.25, 0.3) is 11.3 Å². The van der Waals surface area contributed by atoms with Crippen LogP contribution in [0.1, 0.15) is 31.6 Å². The summed E-state index contributed by atoms with van der Waals surface area (Å²) < 4.78 is 5.38. The monoisotopic (exact) mass is 285 g/mol. The predicted octanol–water partition coefficient (Wildman–Crippen LogP) is 2.43. The maximum absolute atomic E-state index is 12.0. The maximum atomic E-state index is 12.0. The number of hydrogen-bond donors (Lipinski definition) is 2. The lowest BCUT2D eigenvalue weighted by Crippen LogP contribution is -2.36. The van der Waals surface area contributed by atoms with Crippen molar-refractivity contribution in [3.63, 3.8) is 0 Å². The van der Waals surface area contributed by atoms with Gasteiger partial charge < -0.3 is 15.0 Å². The zero-order chi connectivity index (χ0) is 14.7. The van der Waals surface area contributed by atoms with Crippen molar-refractivity contribution in [2.75, 3.05) is 6.61 Å². The number of aromatic amines is 1. The standard InChI is InChI=1S/C16H19N3O2/c1-11(18-16(20)14-8-5-9-21-14)15-17-10-13(19-15)12-6-3-2-4-7-12/h2-4,6-7,10-11,14H,5,8-9H2,1H3,(H,17,19)(H,18,20)/t11-,14-/m0/s1. The van der Waals surface area contributed by atoms with Crippen molar-refractivity contribution in [3.05, 3.63) is 42.4 Å². The van der Waals surface area contributed by atoms with Gasteiger partial charge in [0.05, 0.1) is 17.9 Å². The van der Waals surface area contributed by atoms with Crippen molar-refractivity contribution >= 4 is 5.91 Å². The quantitative estimate of drug-likeness (QED) is 0.906. The minimum atomic E-state index is -0.309. The molecule has 0 radical (unpaired) electrons. The Kier molecular flexibility index (Phi) is 4.01. The van der Waals surface area contributed by atoms with E-state index in [1.165, 1.54) is 0 Å². The molecule has 2 atom stereocenters. The number of nitrogens with zero attached hydrogens (tertiary/aromatic N) is 1. The number of H-pyrrole nitrogens is 1. The number of carbonyl (C=O) groups is 1. The Morgan fingerprint density at radius 1 is 1.43 bits per heavy atom. The predicted molar refractivity (Wildman–Crippen MR) is 79.6 cm³/mol. The molecule has 1 saturated heterocycles. The van der Waals surface area contributed by atoms with Crippen LogP contribution in [0, 0.1) is 0 Å². The van der Waals surface area contributed by atoms with E-state index in [0.717, 1.165) is 29.9 Å². The molecule has 1 aromatic heterocycles. The van der Waals surface area contributed by atoms with Crippen LogP contribution in [0.2, 0.25) is 0 Å². The molecule has 5 nitrogen and oxygen atoms in total. The number of amides is 1. The highest BCUT2D eigenvalue weighted by Crippen LogP contribution is 2.19. The molecule has 1 amide bonds. The number of benzene rings is 1. The molecule has 1 aromatic carbocycles. The highest BCUT2D eigenvalue weighted by Gasteiger charge is 2.25. The van der Waals surface area contributed by atoms with Crippen molar-refractivity contribution in [2.45, 2.75) is 31.9 Å². The summed E-state index contributed by atoms with van der Waals surface area (Å²) in [5, 5.41) is 2.95. The van der Waals surface area contributed by atoms with Crippen molar-refractivity contribution in [2.24, 2.45) is 0 Å². The topological polar surface area (TPSA) is 67.0 Å². The van der Waals surface area contributed by atoms with Crippen LogP contribution in [0.3, 0.4) is 0 Å². The number of nitrogens with one attached hydrogen (secondary N) is 2. The minimum Gasteiger partial charge on any atom is -0.368 e. The molecule has 21 heavy (non-hydrogen) atoms. The summed E-state index contributed by atoms with van der Waals surface area (Å²) in [7, 11) is 0. The fourth-order valence-corrected chi connectivity index (χ4v) is 2.48. The third kappa shape index (κ3) is 3.13. The van der Waals surface area contributed by atoms with Gasteiger partial charge in [0.1, 0.15) is 11.9 Å². The Hall–Kier alpha value is -2.14. The van der Waals surface area contributed by atoms with Crippen LogP contribution in [0.15, 0.2) is 36.5 Å². The largest absolute Gasteiger partial charge is 0.368 e. The van der Waals surface area contributed by atoms with E-state index < -0.39 is 0 Å². The van der Waals surface area contributed by atoms with E-state index in [1.54, 1.807) is 6.20 Å². The van der Waals surface area contributed by atoms with Gasteiger partial charge in [-0.1, -0.05) is 30.3 Å². The Morgan fingerprint density at radius 2 is 2.24 bits per heavy atom. The first kappa shape index (κ1) is 13.8. The molecule has 0 spiro atoms. The Balaban J connectivity index is 1.66. The van der Waals surface area contributed by atoms with Gasteiger partial charge in [-0.05, 0) is 25.3 Å². The Bertz CT molecular complexity index is 603. The molecule has 1 aliphatic rings. The highest BCUT2D eigenvalue weighted by molar-refractivity contribution is 5.81. The van der Waals surface area contributed by atoms with Crippen molar-refractivity contribution in [1.29, 1.82) is 0 Å². The molecule has 2 heterocycles. The summed E-state index contributed by atoms with van der Waals surface area (Å²) in [4.78, 5) is 19.6. The van der Waals surface area contributed by atoms with Crippen molar-refractivity contribution < 1.29 is 9.53 Å². The number of ether oxygens (including phenoxy) is 1. The molecule has 0 bridgehead atoms. The molecule has 1 aliphatic heterocycles. The number of aromatic nitrogens is 2. The van der Waals surface area contributed by atoms with E-state index in [1.807, 2.05) is 37.3 Å². The minimum absolute atomic E-state index is 0.0577. The molecule has 3 rings (SSSR count). The summed E-state index contributed by atoms with van der Waals surface area (Å²) in [6.45, 7) is 2.59. The average molecular weight is 285 g/mol. The Morgan fingerprint density at radius 3 is 2.95 bits per heavy atom. The van der Waals surface area contributed by atoms with Gasteiger partial charge in [-0.3, -0.25) is 4.79 Å². The summed E-state index contributed by atoms with van der Waals surface area (Å²) >= 11 is 0. The van der Waals surface area contributed by atoms with Crippen LogP contribution in [-0.4, -0.2) is 28.6 Å². The van der Waals surface area contributed by atoms with E-state index in [9.17, 15) is 4.79 Å². The lowest BCUT2D eigenvalue weighted by Gasteiger charge is -2.15. The van der Waals surface area contributed by atoms with Gasteiger partial charge in [0.2, 0.25) is 5.91 Å². The fourth-order valence-electron chi connectivity index (χ4n) is 2.48. The zero-order valence-electron chi connectivity index (χ0n) is 12.0. The van der Waals surface area contributed by atoms with Gasteiger partial charge in [-0.2, -0.15) is 0 Å². The summed E-state index contributed by atoms with van der Waals surface area (Å²) in [6, 6.07) is 9.82. The molecule has 0 saturated carbocycles. The zero-order valence-corrected chi connectivity index (χ0v) is 12.0. The summed E-state index contributed by atoms with van der Waals surface area (Å²) in [5.74, 6) is 0.692. The van der Waals surface area contributed by atoms with Gasteiger partial charge in [0, 0.05) is 6.61 Å². The number of carbonyl (C=O) groups excluding carboxylic acids is 1. The fraction of sp³-hybridized carbons (Fsp3) is 0.375. The molecule has 2 aromatic rings. The van der Waals surface area contributed by atoms with Gasteiger partial charge >= 0.3 is 0 Å². The normalized spacial score (nSPS) is 19.4. The van der Waals surface area contributed by atoms with E-state index in [-0.39, 0.29) is 18.1 Å². The second-order valence-electron chi connectivity index (χ2n) is 5.28. The smallest absolute Gasteiger partial charge is 0.249 e. The SMILES string of the molecule is C[C@H](NC(=O)[C@@H]1CCCO1)c1ncc(-c2ccccc2)[nH]1. The molecular weight excluding hydrogens is 266 g/mol. The molecule has 2 N–H and O–H groups in total. The summed E-state index contributed by atoms with van der Waals surface area (Å²) in [5.41, 5.74) is 2.03. The van der Waals surface area contributed by atoms with Gasteiger partial charge in [0.25, 0.3) is 0 Å². The highest BCUT2D eigenvalue weighted by atomic mass is 16.5. The van der Waals surface area contributed by atoms with Crippen LogP contribution in [0.5, 0.6) is 0 Å². The van der Waals surface area contributed by atoms with Gasteiger partial charge in [-0.15, -0.1) is 0 Å². The number of rotatable bonds is 4. The van der Waals surface area contributed by atoms with Gasteiger partial charge in [0.15, 0.2) is 0 Å². The number of imidazole rings is 1. The lowest BCUT2D eigenvalue weighted by molar-refractivity contribution is -0.130. The lowest BCUT2D eigenvalue weighted by atomic mass is 10.2. The second kappa shape index (κ2) is 6.10. The van der Waals surface area contributed by atoms with E-state index in [2.05, 4.69) is 15.3 Å². The summed E-state index contributed by atoms with van der Waals surface area (Å²) in [6.07, 6.45) is 3.23. The third-order valence-electron chi connectivity index (χ3n) is 3.67.